The first-order chi connectivity index (χ1) is 11.3. The van der Waals surface area contributed by atoms with Crippen LogP contribution in [0.15, 0.2) is 42.6 Å². The van der Waals surface area contributed by atoms with Crippen LogP contribution in [0.1, 0.15) is 51.7 Å². The number of imidazole rings is 1. The monoisotopic (exact) mass is 319 g/mol. The molecule has 0 aliphatic heterocycles. The lowest BCUT2D eigenvalue weighted by Crippen LogP contribution is -2.19. The molecule has 0 radical (unpaired) electrons. The smallest absolute Gasteiger partial charge is 0.147 e. The Kier molecular flexibility index (Phi) is 4.04. The number of fused-ring (bicyclic) bond motifs is 3. The Labute approximate surface area is 143 Å². The predicted octanol–water partition coefficient (Wildman–Crippen LogP) is 5.47. The summed E-state index contributed by atoms with van der Waals surface area (Å²) in [6.45, 7) is 12.8. The van der Waals surface area contributed by atoms with Gasteiger partial charge in [0, 0.05) is 22.7 Å². The molecule has 0 spiro atoms. The molecule has 0 bridgehead atoms. The number of hydrogen-bond acceptors (Lipinski definition) is 2. The van der Waals surface area contributed by atoms with Crippen molar-refractivity contribution in [1.29, 1.82) is 0 Å². The second kappa shape index (κ2) is 5.90. The number of aryl methyl sites for hydroxylation is 1. The largest absolute Gasteiger partial charge is 0.284 e. The highest BCUT2D eigenvalue weighted by atomic mass is 15.1. The number of aromatic nitrogens is 3. The second-order valence-electron chi connectivity index (χ2n) is 7.35. The highest BCUT2D eigenvalue weighted by Gasteiger charge is 2.22. The summed E-state index contributed by atoms with van der Waals surface area (Å²) >= 11 is 0. The summed E-state index contributed by atoms with van der Waals surface area (Å²) < 4.78 is 2.19. The van der Waals surface area contributed by atoms with E-state index in [9.17, 15) is 0 Å². The zero-order chi connectivity index (χ0) is 17.5. The molecule has 24 heavy (non-hydrogen) atoms. The van der Waals surface area contributed by atoms with E-state index in [2.05, 4.69) is 74.4 Å². The van der Waals surface area contributed by atoms with E-state index < -0.39 is 0 Å². The minimum Gasteiger partial charge on any atom is -0.284 e. The fourth-order valence-electron chi connectivity index (χ4n) is 2.96. The van der Waals surface area contributed by atoms with Gasteiger partial charge >= 0.3 is 0 Å². The quantitative estimate of drug-likeness (QED) is 0.586. The van der Waals surface area contributed by atoms with Gasteiger partial charge in [-0.05, 0) is 44.0 Å². The first kappa shape index (κ1) is 16.4. The van der Waals surface area contributed by atoms with E-state index in [1.54, 1.807) is 0 Å². The molecule has 1 aromatic carbocycles. The summed E-state index contributed by atoms with van der Waals surface area (Å²) in [5.74, 6) is 1.05. The maximum Gasteiger partial charge on any atom is 0.147 e. The van der Waals surface area contributed by atoms with Crippen LogP contribution in [-0.4, -0.2) is 14.4 Å². The van der Waals surface area contributed by atoms with Crippen molar-refractivity contribution >= 4 is 22.1 Å². The van der Waals surface area contributed by atoms with E-state index in [0.717, 1.165) is 28.1 Å². The summed E-state index contributed by atoms with van der Waals surface area (Å²) in [6.07, 6.45) is 8.16. The molecule has 0 fully saturated rings. The molecule has 124 valence electrons. The van der Waals surface area contributed by atoms with Crippen molar-refractivity contribution in [3.05, 3.63) is 59.7 Å². The normalized spacial score (nSPS) is 13.5. The van der Waals surface area contributed by atoms with E-state index in [0.29, 0.717) is 0 Å². The van der Waals surface area contributed by atoms with E-state index in [1.165, 1.54) is 11.1 Å². The van der Waals surface area contributed by atoms with Crippen LogP contribution in [0.4, 0.5) is 0 Å². The summed E-state index contributed by atoms with van der Waals surface area (Å²) in [5, 5.41) is 1.10. The average Bonchev–Trinajstić information content (AvgIpc) is 2.92. The van der Waals surface area contributed by atoms with Gasteiger partial charge in [-0.15, -0.1) is 0 Å². The van der Waals surface area contributed by atoms with Crippen molar-refractivity contribution in [1.82, 2.24) is 14.4 Å². The molecule has 3 heteroatoms. The van der Waals surface area contributed by atoms with Crippen LogP contribution in [0.5, 0.6) is 0 Å². The van der Waals surface area contributed by atoms with Gasteiger partial charge in [0.1, 0.15) is 11.5 Å². The maximum absolute atomic E-state index is 5.01. The zero-order valence-corrected chi connectivity index (χ0v) is 15.4. The molecule has 3 rings (SSSR count). The molecule has 3 aromatic rings. The Balaban J connectivity index is 2.33. The number of hydrogen-bond donors (Lipinski definition) is 0. The van der Waals surface area contributed by atoms with Gasteiger partial charge < -0.3 is 0 Å². The topological polar surface area (TPSA) is 30.2 Å². The van der Waals surface area contributed by atoms with E-state index >= 15 is 0 Å². The Morgan fingerprint density at radius 2 is 1.96 bits per heavy atom. The van der Waals surface area contributed by atoms with Crippen LogP contribution in [0.25, 0.3) is 22.1 Å². The lowest BCUT2D eigenvalue weighted by Gasteiger charge is -2.21. The van der Waals surface area contributed by atoms with Gasteiger partial charge in [0.25, 0.3) is 0 Å². The molecule has 0 unspecified atom stereocenters. The van der Waals surface area contributed by atoms with Crippen molar-refractivity contribution < 1.29 is 0 Å². The lowest BCUT2D eigenvalue weighted by atomic mass is 9.95. The molecule has 0 saturated heterocycles. The number of rotatable bonds is 2. The predicted molar refractivity (Wildman–Crippen MR) is 102 cm³/mol. The zero-order valence-electron chi connectivity index (χ0n) is 15.4. The molecular weight excluding hydrogens is 294 g/mol. The van der Waals surface area contributed by atoms with Gasteiger partial charge in [-0.25, -0.2) is 9.97 Å². The fraction of sp³-hybridized carbons (Fsp3) is 0.333. The second-order valence-corrected chi connectivity index (χ2v) is 7.35. The fourth-order valence-corrected chi connectivity index (χ4v) is 2.96. The first-order valence-corrected chi connectivity index (χ1v) is 8.41. The molecule has 0 aliphatic rings. The van der Waals surface area contributed by atoms with E-state index in [1.807, 2.05) is 19.2 Å². The number of allylic oxidation sites excluding steroid dienone is 4. The molecule has 3 nitrogen and oxygen atoms in total. The van der Waals surface area contributed by atoms with Gasteiger partial charge in [0.2, 0.25) is 0 Å². The maximum atomic E-state index is 5.01. The number of nitrogens with zero attached hydrogens (tertiary/aromatic N) is 3. The third kappa shape index (κ3) is 2.75. The summed E-state index contributed by atoms with van der Waals surface area (Å²) in [4.78, 5) is 9.65. The van der Waals surface area contributed by atoms with Crippen molar-refractivity contribution in [3.63, 3.8) is 0 Å². The molecule has 0 amide bonds. The molecule has 0 saturated carbocycles. The lowest BCUT2D eigenvalue weighted by molar-refractivity contribution is 0.537. The average molecular weight is 319 g/mol. The Hall–Kier alpha value is -2.42. The number of benzene rings is 1. The molecule has 0 N–H and O–H groups in total. The Bertz CT molecular complexity index is 966. The van der Waals surface area contributed by atoms with Crippen molar-refractivity contribution in [3.8, 4) is 0 Å². The molecular formula is C21H25N3. The van der Waals surface area contributed by atoms with Gasteiger partial charge in [-0.2, -0.15) is 0 Å². The van der Waals surface area contributed by atoms with Crippen molar-refractivity contribution in [2.75, 3.05) is 0 Å². The van der Waals surface area contributed by atoms with E-state index in [-0.39, 0.29) is 5.41 Å². The summed E-state index contributed by atoms with van der Waals surface area (Å²) in [7, 11) is 0. The van der Waals surface area contributed by atoms with Gasteiger partial charge in [-0.1, -0.05) is 45.1 Å². The van der Waals surface area contributed by atoms with Crippen LogP contribution < -0.4 is 0 Å². The molecule has 2 heterocycles. The van der Waals surface area contributed by atoms with Gasteiger partial charge in [0.05, 0.1) is 5.52 Å². The molecule has 0 aliphatic carbocycles. The molecule has 0 atom stereocenters. The van der Waals surface area contributed by atoms with Crippen LogP contribution in [0, 0.1) is 6.92 Å². The summed E-state index contributed by atoms with van der Waals surface area (Å²) in [5.41, 5.74) is 5.49. The van der Waals surface area contributed by atoms with Crippen molar-refractivity contribution in [2.24, 2.45) is 0 Å². The minimum absolute atomic E-state index is 0.0518. The minimum atomic E-state index is -0.0518. The van der Waals surface area contributed by atoms with Crippen molar-refractivity contribution in [2.45, 2.75) is 47.0 Å². The van der Waals surface area contributed by atoms with Crippen LogP contribution in [0.3, 0.4) is 0 Å². The van der Waals surface area contributed by atoms with Gasteiger partial charge in [0.15, 0.2) is 0 Å². The Morgan fingerprint density at radius 3 is 2.62 bits per heavy atom. The highest BCUT2D eigenvalue weighted by Crippen LogP contribution is 2.29. The van der Waals surface area contributed by atoms with Gasteiger partial charge in [-0.3, -0.25) is 4.40 Å². The van der Waals surface area contributed by atoms with Crippen LogP contribution in [-0.2, 0) is 5.41 Å². The van der Waals surface area contributed by atoms with E-state index in [4.69, 9.17) is 4.98 Å². The molecule has 2 aromatic heterocycles. The third-order valence-electron chi connectivity index (χ3n) is 4.28. The highest BCUT2D eigenvalue weighted by molar-refractivity contribution is 5.93. The standard InChI is InChI=1S/C21H25N3/c1-7-8-9-14(2)16-10-11-17-18(12-16)23-20(21(4,5)6)24-15(3)13-22-19(17)24/h7-13H,1-6H3. The SMILES string of the molecule is CC=CC=C(C)c1ccc2c(c1)nc(C(C)(C)C)n1c(C)cnc21. The third-order valence-corrected chi connectivity index (χ3v) is 4.28. The summed E-state index contributed by atoms with van der Waals surface area (Å²) in [6, 6.07) is 6.46. The Morgan fingerprint density at radius 1 is 1.21 bits per heavy atom. The first-order valence-electron chi connectivity index (χ1n) is 8.41. The van der Waals surface area contributed by atoms with Crippen LogP contribution in [0.2, 0.25) is 0 Å². The van der Waals surface area contributed by atoms with Crippen LogP contribution >= 0.6 is 0 Å².